The van der Waals surface area contributed by atoms with Crippen molar-refractivity contribution in [2.24, 2.45) is 0 Å². The molecule has 1 atom stereocenters. The first-order chi connectivity index (χ1) is 9.10. The van der Waals surface area contributed by atoms with E-state index in [-0.39, 0.29) is 5.91 Å². The van der Waals surface area contributed by atoms with Gasteiger partial charge in [-0.2, -0.15) is 0 Å². The van der Waals surface area contributed by atoms with E-state index < -0.39 is 12.1 Å². The number of ether oxygens (including phenoxy) is 1. The minimum absolute atomic E-state index is 0.267. The molecule has 0 bridgehead atoms. The van der Waals surface area contributed by atoms with Crippen LogP contribution in [-0.2, 0) is 9.53 Å². The molecule has 1 aromatic carbocycles. The van der Waals surface area contributed by atoms with Crippen molar-refractivity contribution in [3.63, 3.8) is 0 Å². The molecular formula is C14H19NO3S. The van der Waals surface area contributed by atoms with E-state index in [2.05, 4.69) is 5.32 Å². The van der Waals surface area contributed by atoms with Crippen LogP contribution in [0.5, 0.6) is 0 Å². The highest BCUT2D eigenvalue weighted by atomic mass is 32.2. The van der Waals surface area contributed by atoms with Gasteiger partial charge in [0.15, 0.2) is 6.10 Å². The summed E-state index contributed by atoms with van der Waals surface area (Å²) >= 11 is 1.47. The number of benzene rings is 1. The fourth-order valence-corrected chi connectivity index (χ4v) is 2.07. The van der Waals surface area contributed by atoms with Crippen molar-refractivity contribution >= 4 is 23.6 Å². The lowest BCUT2D eigenvalue weighted by Gasteiger charge is -2.14. The number of esters is 1. The smallest absolute Gasteiger partial charge is 0.340 e. The van der Waals surface area contributed by atoms with Gasteiger partial charge in [-0.1, -0.05) is 19.1 Å². The second-order valence-corrected chi connectivity index (χ2v) is 4.89. The van der Waals surface area contributed by atoms with Crippen molar-refractivity contribution in [1.82, 2.24) is 5.32 Å². The van der Waals surface area contributed by atoms with E-state index in [4.69, 9.17) is 4.74 Å². The first-order valence-corrected chi connectivity index (χ1v) is 7.44. The van der Waals surface area contributed by atoms with Crippen molar-refractivity contribution in [2.75, 3.05) is 12.8 Å². The lowest BCUT2D eigenvalue weighted by molar-refractivity contribution is -0.129. The fourth-order valence-electron chi connectivity index (χ4n) is 1.48. The van der Waals surface area contributed by atoms with Crippen molar-refractivity contribution in [3.8, 4) is 0 Å². The molecule has 0 spiro atoms. The van der Waals surface area contributed by atoms with E-state index in [1.807, 2.05) is 25.3 Å². The SMILES string of the molecule is CCCNC(=O)C(C)OC(=O)c1ccccc1SC. The van der Waals surface area contributed by atoms with Crippen LogP contribution in [0, 0.1) is 0 Å². The number of nitrogens with one attached hydrogen (secondary N) is 1. The van der Waals surface area contributed by atoms with Crippen LogP contribution < -0.4 is 5.32 Å². The van der Waals surface area contributed by atoms with Crippen LogP contribution >= 0.6 is 11.8 Å². The maximum atomic E-state index is 12.0. The van der Waals surface area contributed by atoms with Crippen LogP contribution in [0.15, 0.2) is 29.2 Å². The van der Waals surface area contributed by atoms with E-state index in [0.29, 0.717) is 12.1 Å². The summed E-state index contributed by atoms with van der Waals surface area (Å²) in [5.41, 5.74) is 0.491. The van der Waals surface area contributed by atoms with E-state index in [0.717, 1.165) is 11.3 Å². The zero-order valence-corrected chi connectivity index (χ0v) is 12.3. The Morgan fingerprint density at radius 3 is 2.68 bits per heavy atom. The lowest BCUT2D eigenvalue weighted by atomic mass is 10.2. The summed E-state index contributed by atoms with van der Waals surface area (Å²) in [5.74, 6) is -0.735. The van der Waals surface area contributed by atoms with Gasteiger partial charge >= 0.3 is 5.97 Å². The first kappa shape index (κ1) is 15.6. The van der Waals surface area contributed by atoms with Crippen LogP contribution in [-0.4, -0.2) is 30.8 Å². The molecule has 0 radical (unpaired) electrons. The monoisotopic (exact) mass is 281 g/mol. The standard InChI is InChI=1S/C14H19NO3S/c1-4-9-15-13(16)10(2)18-14(17)11-7-5-6-8-12(11)19-3/h5-8,10H,4,9H2,1-3H3,(H,15,16). The van der Waals surface area contributed by atoms with Crippen LogP contribution in [0.3, 0.4) is 0 Å². The number of carbonyl (C=O) groups is 2. The highest BCUT2D eigenvalue weighted by Gasteiger charge is 2.19. The largest absolute Gasteiger partial charge is 0.449 e. The van der Waals surface area contributed by atoms with Gasteiger partial charge in [-0.25, -0.2) is 4.79 Å². The molecule has 1 rings (SSSR count). The number of thioether (sulfide) groups is 1. The molecule has 1 unspecified atom stereocenters. The van der Waals surface area contributed by atoms with Crippen LogP contribution in [0.1, 0.15) is 30.6 Å². The number of hydrogen-bond donors (Lipinski definition) is 1. The molecule has 0 saturated heterocycles. The van der Waals surface area contributed by atoms with Gasteiger partial charge in [-0.3, -0.25) is 4.79 Å². The van der Waals surface area contributed by atoms with E-state index in [9.17, 15) is 9.59 Å². The Morgan fingerprint density at radius 2 is 2.05 bits per heavy atom. The predicted octanol–water partition coefficient (Wildman–Crippen LogP) is 2.48. The molecule has 104 valence electrons. The summed E-state index contributed by atoms with van der Waals surface area (Å²) in [4.78, 5) is 24.5. The summed E-state index contributed by atoms with van der Waals surface area (Å²) in [5, 5.41) is 2.70. The van der Waals surface area contributed by atoms with Crippen LogP contribution in [0.4, 0.5) is 0 Å². The highest BCUT2D eigenvalue weighted by molar-refractivity contribution is 7.98. The Kier molecular flexibility index (Phi) is 6.42. The average molecular weight is 281 g/mol. The quantitative estimate of drug-likeness (QED) is 0.643. The topological polar surface area (TPSA) is 55.4 Å². The second-order valence-electron chi connectivity index (χ2n) is 4.04. The minimum atomic E-state index is -0.783. The Labute approximate surface area is 117 Å². The van der Waals surface area contributed by atoms with Crippen LogP contribution in [0.25, 0.3) is 0 Å². The fraction of sp³-hybridized carbons (Fsp3) is 0.429. The Morgan fingerprint density at radius 1 is 1.37 bits per heavy atom. The molecular weight excluding hydrogens is 262 g/mol. The maximum Gasteiger partial charge on any atom is 0.340 e. The molecule has 1 amide bonds. The predicted molar refractivity (Wildman–Crippen MR) is 76.4 cm³/mol. The van der Waals surface area contributed by atoms with Gasteiger partial charge in [-0.15, -0.1) is 11.8 Å². The molecule has 5 heteroatoms. The van der Waals surface area contributed by atoms with Crippen LogP contribution in [0.2, 0.25) is 0 Å². The molecule has 0 fully saturated rings. The van der Waals surface area contributed by atoms with Gasteiger partial charge in [0, 0.05) is 11.4 Å². The van der Waals surface area contributed by atoms with Crippen molar-refractivity contribution in [3.05, 3.63) is 29.8 Å². The van der Waals surface area contributed by atoms with Gasteiger partial charge < -0.3 is 10.1 Å². The molecule has 0 aliphatic heterocycles. The number of amides is 1. The number of carbonyl (C=O) groups excluding carboxylic acids is 2. The maximum absolute atomic E-state index is 12.0. The number of hydrogen-bond acceptors (Lipinski definition) is 4. The summed E-state index contributed by atoms with van der Waals surface area (Å²) in [7, 11) is 0. The lowest BCUT2D eigenvalue weighted by Crippen LogP contribution is -2.36. The Balaban J connectivity index is 2.66. The Bertz CT molecular complexity index is 448. The van der Waals surface area contributed by atoms with Gasteiger partial charge in [-0.05, 0) is 31.7 Å². The second kappa shape index (κ2) is 7.84. The number of rotatable bonds is 6. The molecule has 0 aromatic heterocycles. The first-order valence-electron chi connectivity index (χ1n) is 6.21. The molecule has 4 nitrogen and oxygen atoms in total. The minimum Gasteiger partial charge on any atom is -0.449 e. The molecule has 19 heavy (non-hydrogen) atoms. The zero-order valence-electron chi connectivity index (χ0n) is 11.4. The van der Waals surface area contributed by atoms with Gasteiger partial charge in [0.2, 0.25) is 0 Å². The molecule has 1 aromatic rings. The third-order valence-electron chi connectivity index (χ3n) is 2.53. The zero-order chi connectivity index (χ0) is 14.3. The van der Waals surface area contributed by atoms with Gasteiger partial charge in [0.05, 0.1) is 5.56 Å². The van der Waals surface area contributed by atoms with Gasteiger partial charge in [0.1, 0.15) is 0 Å². The van der Waals surface area contributed by atoms with Crippen molar-refractivity contribution < 1.29 is 14.3 Å². The van der Waals surface area contributed by atoms with E-state index >= 15 is 0 Å². The summed E-state index contributed by atoms with van der Waals surface area (Å²) < 4.78 is 5.17. The normalized spacial score (nSPS) is 11.7. The van der Waals surface area contributed by atoms with E-state index in [1.165, 1.54) is 11.8 Å². The molecule has 0 heterocycles. The van der Waals surface area contributed by atoms with E-state index in [1.54, 1.807) is 19.1 Å². The molecule has 0 saturated carbocycles. The Hall–Kier alpha value is -1.49. The molecule has 0 aliphatic carbocycles. The summed E-state index contributed by atoms with van der Waals surface area (Å²) in [6, 6.07) is 7.19. The average Bonchev–Trinajstić information content (AvgIpc) is 2.44. The summed E-state index contributed by atoms with van der Waals surface area (Å²) in [6.45, 7) is 4.12. The highest BCUT2D eigenvalue weighted by Crippen LogP contribution is 2.20. The third-order valence-corrected chi connectivity index (χ3v) is 3.32. The molecule has 0 aliphatic rings. The van der Waals surface area contributed by atoms with Crippen molar-refractivity contribution in [2.45, 2.75) is 31.3 Å². The van der Waals surface area contributed by atoms with Crippen molar-refractivity contribution in [1.29, 1.82) is 0 Å². The van der Waals surface area contributed by atoms with Gasteiger partial charge in [0.25, 0.3) is 5.91 Å². The molecule has 1 N–H and O–H groups in total. The third kappa shape index (κ3) is 4.59. The summed E-state index contributed by atoms with van der Waals surface area (Å²) in [6.07, 6.45) is 1.96.